The predicted octanol–water partition coefficient (Wildman–Crippen LogP) is 13.2. The molecule has 0 amide bonds. The van der Waals surface area contributed by atoms with Gasteiger partial charge in [0.15, 0.2) is 0 Å². The summed E-state index contributed by atoms with van der Waals surface area (Å²) in [5.41, 5.74) is 13.5. The van der Waals surface area contributed by atoms with Crippen molar-refractivity contribution in [1.29, 1.82) is 0 Å². The molecule has 1 spiro atoms. The van der Waals surface area contributed by atoms with Crippen LogP contribution in [0.5, 0.6) is 0 Å². The van der Waals surface area contributed by atoms with Gasteiger partial charge in [0.05, 0.1) is 0 Å². The molecule has 7 aromatic rings. The van der Waals surface area contributed by atoms with Gasteiger partial charge >= 0.3 is 0 Å². The summed E-state index contributed by atoms with van der Waals surface area (Å²) in [4.78, 5) is 2.49. The second-order valence-corrected chi connectivity index (χ2v) is 15.3. The van der Waals surface area contributed by atoms with E-state index in [1.54, 1.807) is 5.57 Å². The first-order valence-corrected chi connectivity index (χ1v) is 18.3. The Labute approximate surface area is 286 Å². The van der Waals surface area contributed by atoms with E-state index in [1.165, 1.54) is 96.3 Å². The molecule has 48 heavy (non-hydrogen) atoms. The normalized spacial score (nSPS) is 20.9. The van der Waals surface area contributed by atoms with Crippen molar-refractivity contribution in [3.05, 3.63) is 162 Å². The molecule has 2 bridgehead atoms. The monoisotopic (exact) mass is 635 g/mol. The Morgan fingerprint density at radius 2 is 1.29 bits per heavy atom. The van der Waals surface area contributed by atoms with Gasteiger partial charge < -0.3 is 4.90 Å². The van der Waals surface area contributed by atoms with Crippen molar-refractivity contribution >= 4 is 48.6 Å². The smallest absolute Gasteiger partial charge is 0.0476 e. The van der Waals surface area contributed by atoms with E-state index in [0.717, 1.165) is 5.92 Å². The second kappa shape index (κ2) is 10.8. The molecule has 232 valence electrons. The van der Waals surface area contributed by atoms with E-state index in [9.17, 15) is 0 Å². The SMILES string of the molecule is CC1C=C2CC(CCC23c2ccccc2-c2ccc(N(c4ccc(-c5ccccc5)cc4)c4ccc5c(c4)sc4ccccc45)cc23)C1. The van der Waals surface area contributed by atoms with Crippen LogP contribution in [-0.4, -0.2) is 0 Å². The Kier molecular flexibility index (Phi) is 6.33. The van der Waals surface area contributed by atoms with Gasteiger partial charge in [-0.15, -0.1) is 11.3 Å². The molecular weight excluding hydrogens is 599 g/mol. The fourth-order valence-electron chi connectivity index (χ4n) is 9.36. The standard InChI is InChI=1S/C46H37NS/c1-30-25-31-23-24-46(34(26-30)27-31)42-13-7-5-11-38(42)39-21-19-36(28-43(39)46)47(35-17-15-33(16-18-35)32-9-3-2-4-10-32)37-20-22-41-40-12-6-8-14-44(40)48-45(41)29-37/h2-22,26,28-31H,23-25,27H2,1H3. The van der Waals surface area contributed by atoms with Crippen molar-refractivity contribution in [2.45, 2.75) is 38.0 Å². The predicted molar refractivity (Wildman–Crippen MR) is 205 cm³/mol. The number of benzene rings is 6. The average Bonchev–Trinajstić information content (AvgIpc) is 3.64. The van der Waals surface area contributed by atoms with Crippen LogP contribution in [0.2, 0.25) is 0 Å². The molecular formula is C46H37NS. The molecule has 1 heterocycles. The average molecular weight is 636 g/mol. The molecule has 1 saturated carbocycles. The van der Waals surface area contributed by atoms with Crippen LogP contribution >= 0.6 is 11.3 Å². The van der Waals surface area contributed by atoms with Crippen molar-refractivity contribution in [2.75, 3.05) is 4.90 Å². The zero-order chi connectivity index (χ0) is 31.8. The first kappa shape index (κ1) is 28.1. The van der Waals surface area contributed by atoms with Crippen LogP contribution in [0.4, 0.5) is 17.1 Å². The van der Waals surface area contributed by atoms with Gasteiger partial charge in [-0.05, 0) is 113 Å². The molecule has 10 rings (SSSR count). The maximum absolute atomic E-state index is 2.64. The number of allylic oxidation sites excluding steroid dienone is 2. The molecule has 0 saturated heterocycles. The van der Waals surface area contributed by atoms with Crippen LogP contribution in [-0.2, 0) is 5.41 Å². The van der Waals surface area contributed by atoms with Crippen LogP contribution in [0.15, 0.2) is 151 Å². The van der Waals surface area contributed by atoms with Gasteiger partial charge in [0.2, 0.25) is 0 Å². The third kappa shape index (κ3) is 4.22. The van der Waals surface area contributed by atoms with Crippen LogP contribution in [0.25, 0.3) is 42.4 Å². The molecule has 2 heteroatoms. The molecule has 1 nitrogen and oxygen atoms in total. The molecule has 3 aliphatic carbocycles. The lowest BCUT2D eigenvalue weighted by Gasteiger charge is -2.45. The lowest BCUT2D eigenvalue weighted by Crippen LogP contribution is -2.36. The molecule has 3 aliphatic rings. The maximum atomic E-state index is 2.64. The summed E-state index contributed by atoms with van der Waals surface area (Å²) in [6, 6.07) is 52.3. The minimum Gasteiger partial charge on any atom is -0.310 e. The molecule has 0 N–H and O–H groups in total. The van der Waals surface area contributed by atoms with Gasteiger partial charge in [-0.25, -0.2) is 0 Å². The van der Waals surface area contributed by atoms with Crippen molar-refractivity contribution in [1.82, 2.24) is 0 Å². The van der Waals surface area contributed by atoms with Crippen LogP contribution in [0.3, 0.4) is 0 Å². The van der Waals surface area contributed by atoms with E-state index in [1.807, 2.05) is 11.3 Å². The number of hydrogen-bond acceptors (Lipinski definition) is 2. The Balaban J connectivity index is 1.17. The summed E-state index contributed by atoms with van der Waals surface area (Å²) in [5.74, 6) is 1.46. The van der Waals surface area contributed by atoms with Gasteiger partial charge in [0, 0.05) is 42.6 Å². The van der Waals surface area contributed by atoms with E-state index in [0.29, 0.717) is 5.92 Å². The minimum absolute atomic E-state index is 0.0363. The summed E-state index contributed by atoms with van der Waals surface area (Å²) in [7, 11) is 0. The van der Waals surface area contributed by atoms with E-state index in [-0.39, 0.29) is 5.41 Å². The van der Waals surface area contributed by atoms with Gasteiger partial charge in [-0.1, -0.05) is 116 Å². The van der Waals surface area contributed by atoms with Crippen LogP contribution in [0, 0.1) is 11.8 Å². The summed E-state index contributed by atoms with van der Waals surface area (Å²) < 4.78 is 2.66. The van der Waals surface area contributed by atoms with E-state index < -0.39 is 0 Å². The third-order valence-electron chi connectivity index (χ3n) is 11.4. The first-order valence-electron chi connectivity index (χ1n) is 17.5. The molecule has 3 atom stereocenters. The molecule has 0 aliphatic heterocycles. The number of anilines is 3. The lowest BCUT2D eigenvalue weighted by molar-refractivity contribution is 0.284. The Bertz CT molecular complexity index is 2380. The Hall–Kier alpha value is -4.92. The summed E-state index contributed by atoms with van der Waals surface area (Å²) in [5, 5.41) is 2.67. The number of nitrogens with zero attached hydrogens (tertiary/aromatic N) is 1. The molecule has 1 aromatic heterocycles. The van der Waals surface area contributed by atoms with Gasteiger partial charge in [-0.2, -0.15) is 0 Å². The quantitative estimate of drug-likeness (QED) is 0.174. The zero-order valence-electron chi connectivity index (χ0n) is 27.2. The zero-order valence-corrected chi connectivity index (χ0v) is 28.0. The van der Waals surface area contributed by atoms with Crippen LogP contribution in [0.1, 0.15) is 43.7 Å². The molecule has 6 aromatic carbocycles. The van der Waals surface area contributed by atoms with Crippen molar-refractivity contribution < 1.29 is 0 Å². The Morgan fingerprint density at radius 3 is 2.19 bits per heavy atom. The fourth-order valence-corrected chi connectivity index (χ4v) is 10.5. The molecule has 3 unspecified atom stereocenters. The Morgan fingerprint density at radius 1 is 0.604 bits per heavy atom. The van der Waals surface area contributed by atoms with Gasteiger partial charge in [-0.3, -0.25) is 0 Å². The number of thiophene rings is 1. The highest BCUT2D eigenvalue weighted by molar-refractivity contribution is 7.25. The largest absolute Gasteiger partial charge is 0.310 e. The highest BCUT2D eigenvalue weighted by Gasteiger charge is 2.49. The van der Waals surface area contributed by atoms with E-state index in [2.05, 4.69) is 157 Å². The number of rotatable bonds is 4. The summed E-state index contributed by atoms with van der Waals surface area (Å²) in [6.07, 6.45) is 7.70. The third-order valence-corrected chi connectivity index (χ3v) is 12.6. The van der Waals surface area contributed by atoms with Gasteiger partial charge in [0.1, 0.15) is 0 Å². The second-order valence-electron chi connectivity index (χ2n) is 14.2. The first-order chi connectivity index (χ1) is 23.7. The van der Waals surface area contributed by atoms with Crippen molar-refractivity contribution in [2.24, 2.45) is 11.8 Å². The fraction of sp³-hybridized carbons (Fsp3) is 0.174. The number of fused-ring (bicyclic) bond motifs is 11. The van der Waals surface area contributed by atoms with E-state index in [4.69, 9.17) is 0 Å². The lowest BCUT2D eigenvalue weighted by atomic mass is 9.58. The topological polar surface area (TPSA) is 3.24 Å². The summed E-state index contributed by atoms with van der Waals surface area (Å²) >= 11 is 1.89. The highest BCUT2D eigenvalue weighted by atomic mass is 32.1. The maximum Gasteiger partial charge on any atom is 0.0476 e. The van der Waals surface area contributed by atoms with Crippen molar-refractivity contribution in [3.63, 3.8) is 0 Å². The minimum atomic E-state index is -0.0363. The molecule has 0 radical (unpaired) electrons. The van der Waals surface area contributed by atoms with Crippen LogP contribution < -0.4 is 4.90 Å². The number of hydrogen-bond donors (Lipinski definition) is 0. The summed E-state index contributed by atoms with van der Waals surface area (Å²) in [6.45, 7) is 2.42. The van der Waals surface area contributed by atoms with Crippen molar-refractivity contribution in [3.8, 4) is 22.3 Å². The molecule has 1 fully saturated rings. The van der Waals surface area contributed by atoms with E-state index >= 15 is 0 Å². The van der Waals surface area contributed by atoms with Gasteiger partial charge in [0.25, 0.3) is 0 Å². The highest BCUT2D eigenvalue weighted by Crippen LogP contribution is 2.61.